The molecular formula is C31H34FN5O2S. The number of aromatic nitrogens is 2. The fourth-order valence-electron chi connectivity index (χ4n) is 6.24. The molecule has 40 heavy (non-hydrogen) atoms. The van der Waals surface area contributed by atoms with Crippen LogP contribution in [-0.4, -0.2) is 44.4 Å². The lowest BCUT2D eigenvalue weighted by Gasteiger charge is -2.31. The van der Waals surface area contributed by atoms with Gasteiger partial charge in [-0.1, -0.05) is 25.0 Å². The maximum absolute atomic E-state index is 13.7. The Morgan fingerprint density at radius 3 is 2.35 bits per heavy atom. The third-order valence-corrected chi connectivity index (χ3v) is 10.6. The van der Waals surface area contributed by atoms with Crippen LogP contribution in [0.25, 0.3) is 16.8 Å². The SMILES string of the molecule is N#CC1(CC(=O)[C@@H]2CCCC[C@H]2c2nn(-c3ccc(F)cc3)cc2-c2ccc(N3CCS(=N)(=O)CC3)cc2)CC1. The first-order chi connectivity index (χ1) is 19.3. The lowest BCUT2D eigenvalue weighted by atomic mass is 9.72. The zero-order valence-corrected chi connectivity index (χ0v) is 23.3. The highest BCUT2D eigenvalue weighted by atomic mass is 32.2. The standard InChI is InChI=1S/C31H34FN5O2S/c32-23-7-11-25(12-8-23)37-20-28(22-5-9-24(10-6-22)36-15-17-40(34,39)18-16-36)30(35-37)27-4-2-1-3-26(27)29(38)19-31(21-33)13-14-31/h5-12,20,26-27,34H,1-4,13-19H2/t26-,27-/m1/s1. The number of Topliss-reactive ketones (excluding diaryl/α,β-unsaturated/α-hetero) is 1. The van der Waals surface area contributed by atoms with Gasteiger partial charge in [0.25, 0.3) is 0 Å². The van der Waals surface area contributed by atoms with E-state index in [1.54, 1.807) is 16.8 Å². The fraction of sp³-hybridized carbons (Fsp3) is 0.452. The Balaban J connectivity index is 1.35. The second-order valence-electron chi connectivity index (χ2n) is 11.6. The number of benzene rings is 2. The van der Waals surface area contributed by atoms with E-state index in [1.165, 1.54) is 12.1 Å². The molecule has 2 heterocycles. The van der Waals surface area contributed by atoms with E-state index in [9.17, 15) is 18.7 Å². The first-order valence-electron chi connectivity index (χ1n) is 14.1. The molecule has 2 saturated carbocycles. The maximum atomic E-state index is 13.7. The van der Waals surface area contributed by atoms with Crippen LogP contribution in [0, 0.1) is 33.3 Å². The molecular weight excluding hydrogens is 525 g/mol. The second kappa shape index (κ2) is 10.5. The Hall–Kier alpha value is -3.51. The molecule has 6 rings (SSSR count). The summed E-state index contributed by atoms with van der Waals surface area (Å²) in [5, 5.41) is 14.6. The molecule has 0 radical (unpaired) electrons. The van der Waals surface area contributed by atoms with Gasteiger partial charge >= 0.3 is 0 Å². The summed E-state index contributed by atoms with van der Waals surface area (Å²) in [5.41, 5.74) is 4.13. The van der Waals surface area contributed by atoms with Crippen molar-refractivity contribution in [2.45, 2.75) is 50.9 Å². The highest BCUT2D eigenvalue weighted by Gasteiger charge is 2.47. The summed E-state index contributed by atoms with van der Waals surface area (Å²) < 4.78 is 35.4. The number of hydrogen-bond acceptors (Lipinski definition) is 6. The van der Waals surface area contributed by atoms with Crippen molar-refractivity contribution in [1.29, 1.82) is 10.0 Å². The van der Waals surface area contributed by atoms with Gasteiger partial charge < -0.3 is 4.90 Å². The van der Waals surface area contributed by atoms with Crippen molar-refractivity contribution < 1.29 is 13.4 Å². The number of ketones is 1. The van der Waals surface area contributed by atoms with Crippen LogP contribution in [-0.2, 0) is 14.5 Å². The van der Waals surface area contributed by atoms with Crippen LogP contribution in [0.2, 0.25) is 0 Å². The molecule has 2 aliphatic carbocycles. The average molecular weight is 560 g/mol. The zero-order valence-electron chi connectivity index (χ0n) is 22.5. The number of nitrogens with zero attached hydrogens (tertiary/aromatic N) is 4. The van der Waals surface area contributed by atoms with E-state index >= 15 is 0 Å². The molecule has 1 aliphatic heterocycles. The van der Waals surface area contributed by atoms with E-state index in [-0.39, 0.29) is 23.4 Å². The average Bonchev–Trinajstić information content (AvgIpc) is 3.60. The van der Waals surface area contributed by atoms with Gasteiger partial charge in [0.1, 0.15) is 11.6 Å². The third-order valence-electron chi connectivity index (χ3n) is 8.89. The molecule has 3 aliphatic rings. The van der Waals surface area contributed by atoms with E-state index in [0.717, 1.165) is 66.7 Å². The van der Waals surface area contributed by atoms with Gasteiger partial charge in [0.2, 0.25) is 0 Å². The number of anilines is 1. The summed E-state index contributed by atoms with van der Waals surface area (Å²) in [6, 6.07) is 16.9. The van der Waals surface area contributed by atoms with Gasteiger partial charge in [-0.15, -0.1) is 0 Å². The van der Waals surface area contributed by atoms with Crippen molar-refractivity contribution in [1.82, 2.24) is 9.78 Å². The first kappa shape index (κ1) is 26.7. The summed E-state index contributed by atoms with van der Waals surface area (Å²) in [4.78, 5) is 15.7. The van der Waals surface area contributed by atoms with Crippen LogP contribution in [0.3, 0.4) is 0 Å². The quantitative estimate of drug-likeness (QED) is 0.378. The van der Waals surface area contributed by atoms with Gasteiger partial charge in [0, 0.05) is 70.0 Å². The van der Waals surface area contributed by atoms with Gasteiger partial charge in [-0.25, -0.2) is 13.3 Å². The molecule has 0 unspecified atom stereocenters. The molecule has 9 heteroatoms. The molecule has 2 atom stereocenters. The van der Waals surface area contributed by atoms with Gasteiger partial charge in [-0.05, 0) is 67.6 Å². The molecule has 0 bridgehead atoms. The maximum Gasteiger partial charge on any atom is 0.138 e. The Morgan fingerprint density at radius 2 is 1.70 bits per heavy atom. The topological polar surface area (TPSA) is 103 Å². The molecule has 1 N–H and O–H groups in total. The zero-order chi connectivity index (χ0) is 27.9. The van der Waals surface area contributed by atoms with Crippen LogP contribution in [0.4, 0.5) is 10.1 Å². The Labute approximate surface area is 235 Å². The number of halogens is 1. The minimum Gasteiger partial charge on any atom is -0.370 e. The number of nitrogens with one attached hydrogen (secondary N) is 1. The van der Waals surface area contributed by atoms with Gasteiger partial charge in [0.05, 0.1) is 22.9 Å². The molecule has 1 saturated heterocycles. The van der Waals surface area contributed by atoms with Crippen LogP contribution in [0.15, 0.2) is 54.7 Å². The van der Waals surface area contributed by atoms with Crippen molar-refractivity contribution in [2.75, 3.05) is 29.5 Å². The Morgan fingerprint density at radius 1 is 1.05 bits per heavy atom. The number of carbonyl (C=O) groups excluding carboxylic acids is 1. The number of rotatable bonds is 7. The molecule has 2 aromatic carbocycles. The lowest BCUT2D eigenvalue weighted by Crippen LogP contribution is -2.39. The van der Waals surface area contributed by atoms with E-state index in [2.05, 4.69) is 35.2 Å². The van der Waals surface area contributed by atoms with Crippen molar-refractivity contribution in [3.05, 3.63) is 66.2 Å². The van der Waals surface area contributed by atoms with E-state index < -0.39 is 15.1 Å². The van der Waals surface area contributed by atoms with E-state index in [0.29, 0.717) is 31.0 Å². The third kappa shape index (κ3) is 5.42. The van der Waals surface area contributed by atoms with Crippen molar-refractivity contribution in [2.24, 2.45) is 11.3 Å². The van der Waals surface area contributed by atoms with Crippen LogP contribution in [0.1, 0.15) is 56.6 Å². The highest BCUT2D eigenvalue weighted by molar-refractivity contribution is 7.92. The van der Waals surface area contributed by atoms with Crippen LogP contribution < -0.4 is 4.90 Å². The van der Waals surface area contributed by atoms with E-state index in [4.69, 9.17) is 9.88 Å². The normalized spacial score (nSPS) is 23.4. The van der Waals surface area contributed by atoms with Gasteiger partial charge in [0.15, 0.2) is 0 Å². The molecule has 3 aromatic rings. The highest BCUT2D eigenvalue weighted by Crippen LogP contribution is 2.51. The monoisotopic (exact) mass is 559 g/mol. The van der Waals surface area contributed by atoms with Crippen molar-refractivity contribution in [3.8, 4) is 22.9 Å². The minimum atomic E-state index is -2.46. The smallest absolute Gasteiger partial charge is 0.138 e. The second-order valence-corrected chi connectivity index (χ2v) is 14.1. The molecule has 0 spiro atoms. The van der Waals surface area contributed by atoms with Crippen molar-refractivity contribution in [3.63, 3.8) is 0 Å². The number of hydrogen-bond donors (Lipinski definition) is 1. The van der Waals surface area contributed by atoms with Crippen LogP contribution >= 0.6 is 0 Å². The largest absolute Gasteiger partial charge is 0.370 e. The summed E-state index contributed by atoms with van der Waals surface area (Å²) in [7, 11) is -2.46. The summed E-state index contributed by atoms with van der Waals surface area (Å²) in [5.74, 6) is 0.426. The molecule has 0 amide bonds. The predicted octanol–water partition coefficient (Wildman–Crippen LogP) is 6.08. The fourth-order valence-corrected chi connectivity index (χ4v) is 7.47. The van der Waals surface area contributed by atoms with Crippen LogP contribution in [0.5, 0.6) is 0 Å². The van der Waals surface area contributed by atoms with Gasteiger partial charge in [-0.3, -0.25) is 9.57 Å². The molecule has 7 nitrogen and oxygen atoms in total. The molecule has 3 fully saturated rings. The van der Waals surface area contributed by atoms with E-state index in [1.807, 2.05) is 6.20 Å². The molecule has 1 aromatic heterocycles. The first-order valence-corrected chi connectivity index (χ1v) is 16.0. The predicted molar refractivity (Wildman–Crippen MR) is 153 cm³/mol. The van der Waals surface area contributed by atoms with Crippen molar-refractivity contribution >= 4 is 21.2 Å². The summed E-state index contributed by atoms with van der Waals surface area (Å²) in [6.07, 6.45) is 7.60. The summed E-state index contributed by atoms with van der Waals surface area (Å²) in [6.45, 7) is 1.21. The summed E-state index contributed by atoms with van der Waals surface area (Å²) >= 11 is 0. The Kier molecular flexibility index (Phi) is 6.99. The number of carbonyl (C=O) groups is 1. The lowest BCUT2D eigenvalue weighted by molar-refractivity contribution is -0.125. The minimum absolute atomic E-state index is 0.0422. The molecule has 208 valence electrons. The Bertz CT molecular complexity index is 1540. The van der Waals surface area contributed by atoms with Gasteiger partial charge in [-0.2, -0.15) is 10.4 Å². The number of nitriles is 1.